The van der Waals surface area contributed by atoms with E-state index in [1.165, 1.54) is 6.42 Å². The Labute approximate surface area is 142 Å². The second kappa shape index (κ2) is 7.64. The molecule has 2 aromatic rings. The van der Waals surface area contributed by atoms with Crippen molar-refractivity contribution < 1.29 is 4.79 Å². The number of nitrogens with zero attached hydrogens (tertiary/aromatic N) is 3. The lowest BCUT2D eigenvalue weighted by atomic mass is 9.97. The van der Waals surface area contributed by atoms with Crippen molar-refractivity contribution in [1.29, 1.82) is 0 Å². The maximum Gasteiger partial charge on any atom is 0.222 e. The Morgan fingerprint density at radius 2 is 2.22 bits per heavy atom. The first-order valence-corrected chi connectivity index (χ1v) is 8.57. The molecule has 0 bridgehead atoms. The fourth-order valence-electron chi connectivity index (χ4n) is 3.23. The van der Waals surface area contributed by atoms with Gasteiger partial charge in [0.2, 0.25) is 5.91 Å². The van der Waals surface area contributed by atoms with Crippen LogP contribution in [-0.2, 0) is 17.8 Å². The Hall–Kier alpha value is -1.81. The van der Waals surface area contributed by atoms with Gasteiger partial charge in [0.05, 0.1) is 6.33 Å². The van der Waals surface area contributed by atoms with Crippen molar-refractivity contribution in [3.8, 4) is 0 Å². The SMILES string of the molecule is O=C(CCc1ccccc1Cl)N1CCC[C@H](Cn2ccnc2)C1. The molecule has 0 saturated carbocycles. The molecule has 1 aliphatic rings. The third kappa shape index (κ3) is 4.35. The zero-order valence-corrected chi connectivity index (χ0v) is 14.0. The van der Waals surface area contributed by atoms with Gasteiger partial charge in [-0.25, -0.2) is 4.98 Å². The van der Waals surface area contributed by atoms with Crippen LogP contribution in [0.1, 0.15) is 24.8 Å². The molecule has 3 rings (SSSR count). The van der Waals surface area contributed by atoms with E-state index in [0.717, 1.165) is 36.6 Å². The van der Waals surface area contributed by atoms with E-state index in [0.29, 0.717) is 18.8 Å². The molecule has 1 aromatic carbocycles. The average Bonchev–Trinajstić information content (AvgIpc) is 3.07. The van der Waals surface area contributed by atoms with Crippen LogP contribution >= 0.6 is 11.6 Å². The zero-order valence-electron chi connectivity index (χ0n) is 13.2. The summed E-state index contributed by atoms with van der Waals surface area (Å²) in [4.78, 5) is 18.6. The summed E-state index contributed by atoms with van der Waals surface area (Å²) in [5, 5.41) is 0.747. The molecule has 4 nitrogen and oxygen atoms in total. The number of hydrogen-bond donors (Lipinski definition) is 0. The van der Waals surface area contributed by atoms with Crippen molar-refractivity contribution in [1.82, 2.24) is 14.5 Å². The Bertz CT molecular complexity index is 641. The Morgan fingerprint density at radius 3 is 3.00 bits per heavy atom. The van der Waals surface area contributed by atoms with E-state index >= 15 is 0 Å². The van der Waals surface area contributed by atoms with Gasteiger partial charge in [0.15, 0.2) is 0 Å². The molecule has 0 radical (unpaired) electrons. The van der Waals surface area contributed by atoms with Crippen LogP contribution in [0.25, 0.3) is 0 Å². The summed E-state index contributed by atoms with van der Waals surface area (Å²) in [5.41, 5.74) is 1.05. The van der Waals surface area contributed by atoms with E-state index in [1.807, 2.05) is 41.7 Å². The lowest BCUT2D eigenvalue weighted by molar-refractivity contribution is -0.133. The highest BCUT2D eigenvalue weighted by molar-refractivity contribution is 6.31. The van der Waals surface area contributed by atoms with Crippen molar-refractivity contribution in [2.75, 3.05) is 13.1 Å². The summed E-state index contributed by atoms with van der Waals surface area (Å²) in [6.07, 6.45) is 9.12. The Kier molecular flexibility index (Phi) is 5.34. The molecule has 1 aromatic heterocycles. The molecule has 122 valence electrons. The number of rotatable bonds is 5. The third-order valence-electron chi connectivity index (χ3n) is 4.47. The van der Waals surface area contributed by atoms with Gasteiger partial charge in [-0.2, -0.15) is 0 Å². The number of piperidine rings is 1. The van der Waals surface area contributed by atoms with Gasteiger partial charge in [-0.1, -0.05) is 29.8 Å². The maximum atomic E-state index is 12.5. The van der Waals surface area contributed by atoms with Crippen molar-refractivity contribution in [2.24, 2.45) is 5.92 Å². The number of halogens is 1. The van der Waals surface area contributed by atoms with Gasteiger partial charge < -0.3 is 9.47 Å². The van der Waals surface area contributed by atoms with Crippen LogP contribution in [0.15, 0.2) is 43.0 Å². The smallest absolute Gasteiger partial charge is 0.222 e. The molecule has 0 unspecified atom stereocenters. The predicted octanol–water partition coefficient (Wildman–Crippen LogP) is 3.41. The molecular weight excluding hydrogens is 310 g/mol. The molecule has 0 aliphatic carbocycles. The summed E-state index contributed by atoms with van der Waals surface area (Å²) in [6, 6.07) is 7.75. The van der Waals surface area contributed by atoms with E-state index in [4.69, 9.17) is 11.6 Å². The number of carbonyl (C=O) groups is 1. The summed E-state index contributed by atoms with van der Waals surface area (Å²) in [5.74, 6) is 0.752. The summed E-state index contributed by atoms with van der Waals surface area (Å²) >= 11 is 6.16. The van der Waals surface area contributed by atoms with Crippen LogP contribution in [0.2, 0.25) is 5.02 Å². The van der Waals surface area contributed by atoms with Crippen molar-refractivity contribution in [3.05, 3.63) is 53.6 Å². The zero-order chi connectivity index (χ0) is 16.1. The number of amides is 1. The fourth-order valence-corrected chi connectivity index (χ4v) is 3.46. The van der Waals surface area contributed by atoms with Gasteiger partial charge in [0, 0.05) is 43.5 Å². The van der Waals surface area contributed by atoms with Crippen LogP contribution in [0.4, 0.5) is 0 Å². The summed E-state index contributed by atoms with van der Waals surface area (Å²) in [7, 11) is 0. The average molecular weight is 332 g/mol. The predicted molar refractivity (Wildman–Crippen MR) is 91.3 cm³/mol. The lowest BCUT2D eigenvalue weighted by Crippen LogP contribution is -2.41. The van der Waals surface area contributed by atoms with Crippen LogP contribution in [0, 0.1) is 5.92 Å². The number of aromatic nitrogens is 2. The highest BCUT2D eigenvalue weighted by Gasteiger charge is 2.23. The molecule has 1 aliphatic heterocycles. The second-order valence-corrected chi connectivity index (χ2v) is 6.61. The second-order valence-electron chi connectivity index (χ2n) is 6.20. The maximum absolute atomic E-state index is 12.5. The Balaban J connectivity index is 1.51. The van der Waals surface area contributed by atoms with Crippen LogP contribution in [-0.4, -0.2) is 33.4 Å². The van der Waals surface area contributed by atoms with Crippen LogP contribution < -0.4 is 0 Å². The molecule has 1 fully saturated rings. The van der Waals surface area contributed by atoms with Crippen molar-refractivity contribution in [3.63, 3.8) is 0 Å². The molecular formula is C18H22ClN3O. The number of hydrogen-bond acceptors (Lipinski definition) is 2. The monoisotopic (exact) mass is 331 g/mol. The third-order valence-corrected chi connectivity index (χ3v) is 4.83. The first-order valence-electron chi connectivity index (χ1n) is 8.19. The van der Waals surface area contributed by atoms with Gasteiger partial charge in [0.1, 0.15) is 0 Å². The van der Waals surface area contributed by atoms with Crippen molar-refractivity contribution in [2.45, 2.75) is 32.2 Å². The minimum Gasteiger partial charge on any atom is -0.342 e. The number of aryl methyl sites for hydroxylation is 1. The molecule has 5 heteroatoms. The molecule has 2 heterocycles. The van der Waals surface area contributed by atoms with Crippen LogP contribution in [0.3, 0.4) is 0 Å². The fraction of sp³-hybridized carbons (Fsp3) is 0.444. The number of likely N-dealkylation sites (tertiary alicyclic amines) is 1. The molecule has 1 amide bonds. The first kappa shape index (κ1) is 16.1. The van der Waals surface area contributed by atoms with Gasteiger partial charge in [-0.15, -0.1) is 0 Å². The minimum absolute atomic E-state index is 0.236. The minimum atomic E-state index is 0.236. The van der Waals surface area contributed by atoms with Gasteiger partial charge >= 0.3 is 0 Å². The summed E-state index contributed by atoms with van der Waals surface area (Å²) < 4.78 is 2.10. The highest BCUT2D eigenvalue weighted by Crippen LogP contribution is 2.21. The topological polar surface area (TPSA) is 38.1 Å². The number of carbonyl (C=O) groups excluding carboxylic acids is 1. The summed E-state index contributed by atoms with van der Waals surface area (Å²) in [6.45, 7) is 2.66. The van der Waals surface area contributed by atoms with Crippen LogP contribution in [0.5, 0.6) is 0 Å². The van der Waals surface area contributed by atoms with Gasteiger partial charge in [0.25, 0.3) is 0 Å². The van der Waals surface area contributed by atoms with Gasteiger partial charge in [-0.3, -0.25) is 4.79 Å². The quantitative estimate of drug-likeness (QED) is 0.842. The molecule has 1 atom stereocenters. The molecule has 0 spiro atoms. The van der Waals surface area contributed by atoms with E-state index < -0.39 is 0 Å². The molecule has 1 saturated heterocycles. The Morgan fingerprint density at radius 1 is 1.35 bits per heavy atom. The van der Waals surface area contributed by atoms with E-state index in [9.17, 15) is 4.79 Å². The number of benzene rings is 1. The lowest BCUT2D eigenvalue weighted by Gasteiger charge is -2.33. The number of imidazole rings is 1. The standard InChI is InChI=1S/C18H22ClN3O/c19-17-6-2-1-5-16(17)7-8-18(23)22-10-3-4-15(13-22)12-21-11-9-20-14-21/h1-2,5-6,9,11,14-15H,3-4,7-8,10,12-13H2/t15-/m1/s1. The van der Waals surface area contributed by atoms with Crippen molar-refractivity contribution >= 4 is 17.5 Å². The van der Waals surface area contributed by atoms with Gasteiger partial charge in [-0.05, 0) is 36.8 Å². The molecule has 0 N–H and O–H groups in total. The normalized spacial score (nSPS) is 18.1. The largest absolute Gasteiger partial charge is 0.342 e. The molecule has 23 heavy (non-hydrogen) atoms. The van der Waals surface area contributed by atoms with E-state index in [2.05, 4.69) is 9.55 Å². The first-order chi connectivity index (χ1) is 11.2. The van der Waals surface area contributed by atoms with E-state index in [-0.39, 0.29) is 5.91 Å². The van der Waals surface area contributed by atoms with E-state index in [1.54, 1.807) is 6.20 Å². The highest BCUT2D eigenvalue weighted by atomic mass is 35.5.